The van der Waals surface area contributed by atoms with Gasteiger partial charge in [0.1, 0.15) is 0 Å². The summed E-state index contributed by atoms with van der Waals surface area (Å²) < 4.78 is 2.13. The Labute approximate surface area is 114 Å². The summed E-state index contributed by atoms with van der Waals surface area (Å²) in [5.74, 6) is 0.289. The first-order chi connectivity index (χ1) is 9.10. The molecule has 0 fully saturated rings. The molecule has 0 aliphatic rings. The van der Waals surface area contributed by atoms with Crippen molar-refractivity contribution in [3.8, 4) is 6.07 Å². The first-order valence-corrected chi connectivity index (χ1v) is 6.71. The molecule has 0 amide bonds. The Morgan fingerprint density at radius 1 is 1.26 bits per heavy atom. The Morgan fingerprint density at radius 2 is 1.95 bits per heavy atom. The molecule has 0 aliphatic heterocycles. The molecular weight excluding hydrogens is 234 g/mol. The van der Waals surface area contributed by atoms with Crippen LogP contribution in [-0.2, 0) is 7.05 Å². The van der Waals surface area contributed by atoms with E-state index >= 15 is 0 Å². The maximum absolute atomic E-state index is 9.44. The van der Waals surface area contributed by atoms with Crippen LogP contribution in [0.3, 0.4) is 0 Å². The summed E-state index contributed by atoms with van der Waals surface area (Å²) in [5.41, 5.74) is 2.42. The van der Waals surface area contributed by atoms with Crippen LogP contribution in [0, 0.1) is 23.2 Å². The van der Waals surface area contributed by atoms with Gasteiger partial charge in [-0.1, -0.05) is 32.0 Å². The van der Waals surface area contributed by atoms with Crippen molar-refractivity contribution >= 4 is 10.9 Å². The summed E-state index contributed by atoms with van der Waals surface area (Å²) in [7, 11) is 3.98. The summed E-state index contributed by atoms with van der Waals surface area (Å²) in [5, 5.41) is 14.0. The van der Waals surface area contributed by atoms with E-state index in [0.29, 0.717) is 5.92 Å². The van der Waals surface area contributed by atoms with Crippen molar-refractivity contribution in [3.63, 3.8) is 0 Å². The minimum absolute atomic E-state index is 0.0317. The van der Waals surface area contributed by atoms with Gasteiger partial charge in [-0.2, -0.15) is 5.26 Å². The Bertz CT molecular complexity index is 604. The minimum Gasteiger partial charge on any atom is -0.350 e. The summed E-state index contributed by atoms with van der Waals surface area (Å²) in [6.45, 7) is 4.20. The molecular formula is C16H21N3. The van der Waals surface area contributed by atoms with Crippen LogP contribution in [0.15, 0.2) is 30.5 Å². The number of hydrogen-bond donors (Lipinski definition) is 1. The molecule has 0 radical (unpaired) electrons. The van der Waals surface area contributed by atoms with E-state index in [1.54, 1.807) is 0 Å². The second kappa shape index (κ2) is 5.46. The van der Waals surface area contributed by atoms with Gasteiger partial charge in [0, 0.05) is 24.1 Å². The number of nitrogens with one attached hydrogen (secondary N) is 1. The van der Waals surface area contributed by atoms with E-state index in [1.807, 2.05) is 13.1 Å². The highest BCUT2D eigenvalue weighted by Crippen LogP contribution is 2.33. The van der Waals surface area contributed by atoms with Crippen LogP contribution in [0.2, 0.25) is 0 Å². The van der Waals surface area contributed by atoms with Gasteiger partial charge in [0.05, 0.1) is 18.0 Å². The smallest absolute Gasteiger partial charge is 0.0681 e. The van der Waals surface area contributed by atoms with E-state index in [-0.39, 0.29) is 12.0 Å². The lowest BCUT2D eigenvalue weighted by Gasteiger charge is -2.24. The number of aromatic nitrogens is 1. The fourth-order valence-corrected chi connectivity index (χ4v) is 2.76. The second-order valence-electron chi connectivity index (χ2n) is 5.38. The molecule has 2 unspecified atom stereocenters. The summed E-state index contributed by atoms with van der Waals surface area (Å²) in [4.78, 5) is 0. The molecule has 2 aromatic rings. The molecule has 1 aromatic carbocycles. The summed E-state index contributed by atoms with van der Waals surface area (Å²) in [6, 6.07) is 10.9. The third kappa shape index (κ3) is 2.36. The standard InChI is InChI=1S/C16H21N3/c1-11(2)13(9-17)16(18-3)14-10-19(4)15-8-6-5-7-12(14)15/h5-8,10-11,13,16,18H,1-4H3. The van der Waals surface area contributed by atoms with Crippen molar-refractivity contribution < 1.29 is 0 Å². The maximum Gasteiger partial charge on any atom is 0.0681 e. The second-order valence-corrected chi connectivity index (χ2v) is 5.38. The Hall–Kier alpha value is -1.79. The van der Waals surface area contributed by atoms with Crippen LogP contribution in [0.25, 0.3) is 10.9 Å². The van der Waals surface area contributed by atoms with Gasteiger partial charge in [-0.15, -0.1) is 0 Å². The molecule has 19 heavy (non-hydrogen) atoms. The lowest BCUT2D eigenvalue weighted by molar-refractivity contribution is 0.364. The molecule has 100 valence electrons. The van der Waals surface area contributed by atoms with Crippen molar-refractivity contribution in [3.05, 3.63) is 36.0 Å². The molecule has 0 spiro atoms. The first kappa shape index (κ1) is 13.6. The van der Waals surface area contributed by atoms with Gasteiger partial charge >= 0.3 is 0 Å². The molecule has 1 heterocycles. The normalized spacial score (nSPS) is 14.5. The van der Waals surface area contributed by atoms with Gasteiger partial charge in [0.15, 0.2) is 0 Å². The van der Waals surface area contributed by atoms with Crippen LogP contribution in [-0.4, -0.2) is 11.6 Å². The Morgan fingerprint density at radius 3 is 2.53 bits per heavy atom. The monoisotopic (exact) mass is 255 g/mol. The van der Waals surface area contributed by atoms with Crippen molar-refractivity contribution in [2.75, 3.05) is 7.05 Å². The van der Waals surface area contributed by atoms with Gasteiger partial charge in [0.2, 0.25) is 0 Å². The zero-order valence-electron chi connectivity index (χ0n) is 12.0. The fraction of sp³-hybridized carbons (Fsp3) is 0.438. The average molecular weight is 255 g/mol. The lowest BCUT2D eigenvalue weighted by Crippen LogP contribution is -2.27. The highest BCUT2D eigenvalue weighted by atomic mass is 14.9. The fourth-order valence-electron chi connectivity index (χ4n) is 2.76. The summed E-state index contributed by atoms with van der Waals surface area (Å²) >= 11 is 0. The predicted molar refractivity (Wildman–Crippen MR) is 78.7 cm³/mol. The molecule has 1 aromatic heterocycles. The summed E-state index contributed by atoms with van der Waals surface area (Å²) in [6.07, 6.45) is 2.14. The molecule has 0 bridgehead atoms. The number of hydrogen-bond acceptors (Lipinski definition) is 2. The molecule has 1 N–H and O–H groups in total. The van der Waals surface area contributed by atoms with E-state index < -0.39 is 0 Å². The average Bonchev–Trinajstić information content (AvgIpc) is 2.73. The molecule has 0 saturated heterocycles. The number of benzene rings is 1. The van der Waals surface area contributed by atoms with Gasteiger partial charge in [-0.3, -0.25) is 0 Å². The van der Waals surface area contributed by atoms with E-state index in [1.165, 1.54) is 16.5 Å². The topological polar surface area (TPSA) is 40.8 Å². The molecule has 2 atom stereocenters. The van der Waals surface area contributed by atoms with Crippen molar-refractivity contribution in [1.82, 2.24) is 9.88 Å². The lowest BCUT2D eigenvalue weighted by atomic mass is 9.85. The van der Waals surface area contributed by atoms with Gasteiger partial charge in [-0.25, -0.2) is 0 Å². The van der Waals surface area contributed by atoms with Crippen molar-refractivity contribution in [2.24, 2.45) is 18.9 Å². The SMILES string of the molecule is CNC(c1cn(C)c2ccccc12)C(C#N)C(C)C. The number of fused-ring (bicyclic) bond motifs is 1. The van der Waals surface area contributed by atoms with E-state index in [9.17, 15) is 5.26 Å². The molecule has 2 rings (SSSR count). The molecule has 3 heteroatoms. The number of nitriles is 1. The van der Waals surface area contributed by atoms with E-state index in [0.717, 1.165) is 0 Å². The molecule has 0 aliphatic carbocycles. The maximum atomic E-state index is 9.44. The zero-order chi connectivity index (χ0) is 14.0. The number of rotatable bonds is 4. The highest BCUT2D eigenvalue weighted by molar-refractivity contribution is 5.84. The van der Waals surface area contributed by atoms with Gasteiger partial charge < -0.3 is 9.88 Å². The highest BCUT2D eigenvalue weighted by Gasteiger charge is 2.27. The van der Waals surface area contributed by atoms with Gasteiger partial charge in [0.25, 0.3) is 0 Å². The Balaban J connectivity index is 2.56. The van der Waals surface area contributed by atoms with E-state index in [4.69, 9.17) is 0 Å². The van der Waals surface area contributed by atoms with Crippen LogP contribution in [0.4, 0.5) is 0 Å². The third-order valence-corrected chi connectivity index (χ3v) is 3.80. The number of nitrogens with zero attached hydrogens (tertiary/aromatic N) is 2. The minimum atomic E-state index is -0.0317. The molecule has 0 saturated carbocycles. The van der Waals surface area contributed by atoms with Gasteiger partial charge in [-0.05, 0) is 24.6 Å². The van der Waals surface area contributed by atoms with Crippen molar-refractivity contribution in [1.29, 1.82) is 5.26 Å². The van der Waals surface area contributed by atoms with Crippen molar-refractivity contribution in [2.45, 2.75) is 19.9 Å². The quantitative estimate of drug-likeness (QED) is 0.911. The third-order valence-electron chi connectivity index (χ3n) is 3.80. The Kier molecular flexibility index (Phi) is 3.92. The number of aryl methyl sites for hydroxylation is 1. The van der Waals surface area contributed by atoms with Crippen LogP contribution >= 0.6 is 0 Å². The zero-order valence-corrected chi connectivity index (χ0v) is 12.0. The predicted octanol–water partition coefficient (Wildman–Crippen LogP) is 3.23. The largest absolute Gasteiger partial charge is 0.350 e. The van der Waals surface area contributed by atoms with Crippen LogP contribution in [0.5, 0.6) is 0 Å². The van der Waals surface area contributed by atoms with Crippen LogP contribution < -0.4 is 5.32 Å². The van der Waals surface area contributed by atoms with Crippen LogP contribution in [0.1, 0.15) is 25.5 Å². The number of para-hydroxylation sites is 1. The molecule has 3 nitrogen and oxygen atoms in total. The van der Waals surface area contributed by atoms with E-state index in [2.05, 4.69) is 61.2 Å². The first-order valence-electron chi connectivity index (χ1n) is 6.71.